The molecule has 0 spiro atoms. The Morgan fingerprint density at radius 3 is 2.83 bits per heavy atom. The number of piperazine rings is 1. The molecule has 7 nitrogen and oxygen atoms in total. The molecule has 1 aliphatic heterocycles. The lowest BCUT2D eigenvalue weighted by atomic mass is 9.91. The van der Waals surface area contributed by atoms with Crippen molar-refractivity contribution in [3.63, 3.8) is 0 Å². The summed E-state index contributed by atoms with van der Waals surface area (Å²) < 4.78 is 2.20. The summed E-state index contributed by atoms with van der Waals surface area (Å²) >= 11 is 3.47. The Morgan fingerprint density at radius 1 is 1.34 bits per heavy atom. The molecule has 156 valence electrons. The van der Waals surface area contributed by atoms with E-state index in [1.807, 2.05) is 26.0 Å². The van der Waals surface area contributed by atoms with E-state index in [2.05, 4.69) is 36.6 Å². The summed E-state index contributed by atoms with van der Waals surface area (Å²) in [6.45, 7) is 6.70. The molecule has 0 radical (unpaired) electrons. The van der Waals surface area contributed by atoms with Crippen LogP contribution in [0.5, 0.6) is 0 Å². The van der Waals surface area contributed by atoms with Crippen LogP contribution < -0.4 is 16.2 Å². The van der Waals surface area contributed by atoms with Crippen molar-refractivity contribution < 1.29 is 4.79 Å². The summed E-state index contributed by atoms with van der Waals surface area (Å²) in [4.78, 5) is 28.1. The standard InChI is InChI=1S/C21H28BrN5O2/c1-13(2)20-17-10-14(22)6-7-16(17)21(29)27(25-20)12-19(28)24-18-11-26(9-8-23-18)15-4-3-5-15/h6-7,10,13,15,18,23H,3-5,8-9,11-12H2,1-2H3,(H,24,28)/t18-/m1/s1. The van der Waals surface area contributed by atoms with Gasteiger partial charge in [0, 0.05) is 35.5 Å². The van der Waals surface area contributed by atoms with Gasteiger partial charge >= 0.3 is 0 Å². The van der Waals surface area contributed by atoms with Crippen molar-refractivity contribution >= 4 is 32.6 Å². The van der Waals surface area contributed by atoms with Crippen LogP contribution in [0.4, 0.5) is 0 Å². The summed E-state index contributed by atoms with van der Waals surface area (Å²) in [6.07, 6.45) is 3.72. The number of hydrogen-bond donors (Lipinski definition) is 2. The Morgan fingerprint density at radius 2 is 2.14 bits per heavy atom. The molecular formula is C21H28BrN5O2. The maximum absolute atomic E-state index is 12.9. The Balaban J connectivity index is 1.51. The monoisotopic (exact) mass is 461 g/mol. The Hall–Kier alpha value is -1.77. The van der Waals surface area contributed by atoms with Gasteiger partial charge in [0.05, 0.1) is 17.2 Å². The van der Waals surface area contributed by atoms with Gasteiger partial charge in [0.1, 0.15) is 6.54 Å². The number of fused-ring (bicyclic) bond motifs is 1. The molecule has 2 aliphatic rings. The van der Waals surface area contributed by atoms with Crippen molar-refractivity contribution in [1.82, 2.24) is 25.3 Å². The largest absolute Gasteiger partial charge is 0.338 e. The van der Waals surface area contributed by atoms with E-state index in [-0.39, 0.29) is 30.1 Å². The van der Waals surface area contributed by atoms with Gasteiger partial charge in [-0.3, -0.25) is 19.8 Å². The molecule has 0 unspecified atom stereocenters. The molecule has 1 aliphatic carbocycles. The van der Waals surface area contributed by atoms with Crippen LogP contribution in [-0.4, -0.2) is 52.4 Å². The molecule has 1 atom stereocenters. The zero-order valence-electron chi connectivity index (χ0n) is 16.9. The predicted molar refractivity (Wildman–Crippen MR) is 117 cm³/mol. The fourth-order valence-electron chi connectivity index (χ4n) is 4.15. The zero-order chi connectivity index (χ0) is 20.5. The molecule has 4 rings (SSSR count). The van der Waals surface area contributed by atoms with Gasteiger partial charge < -0.3 is 5.32 Å². The molecule has 1 aromatic carbocycles. The first kappa shape index (κ1) is 20.5. The lowest BCUT2D eigenvalue weighted by Gasteiger charge is -2.42. The average molecular weight is 462 g/mol. The summed E-state index contributed by atoms with van der Waals surface area (Å²) in [5, 5.41) is 12.4. The molecular weight excluding hydrogens is 434 g/mol. The third kappa shape index (κ3) is 4.39. The maximum Gasteiger partial charge on any atom is 0.275 e. The molecule has 1 aromatic heterocycles. The van der Waals surface area contributed by atoms with Crippen LogP contribution >= 0.6 is 15.9 Å². The molecule has 1 amide bonds. The van der Waals surface area contributed by atoms with Crippen LogP contribution in [0.2, 0.25) is 0 Å². The number of aromatic nitrogens is 2. The highest BCUT2D eigenvalue weighted by Gasteiger charge is 2.29. The van der Waals surface area contributed by atoms with Crippen LogP contribution in [0, 0.1) is 0 Å². The molecule has 2 aromatic rings. The minimum Gasteiger partial charge on any atom is -0.338 e. The lowest BCUT2D eigenvalue weighted by molar-refractivity contribution is -0.123. The second kappa shape index (κ2) is 8.53. The van der Waals surface area contributed by atoms with E-state index >= 15 is 0 Å². The van der Waals surface area contributed by atoms with E-state index in [9.17, 15) is 9.59 Å². The molecule has 2 fully saturated rings. The smallest absolute Gasteiger partial charge is 0.275 e. The van der Waals surface area contributed by atoms with Crippen molar-refractivity contribution in [3.05, 3.63) is 38.7 Å². The minimum absolute atomic E-state index is 0.0772. The maximum atomic E-state index is 12.9. The van der Waals surface area contributed by atoms with Crippen molar-refractivity contribution in [2.45, 2.75) is 57.8 Å². The number of carbonyl (C=O) groups is 1. The summed E-state index contributed by atoms with van der Waals surface area (Å²) in [7, 11) is 0. The summed E-state index contributed by atoms with van der Waals surface area (Å²) in [5.74, 6) is -0.0588. The first-order chi connectivity index (χ1) is 13.9. The first-order valence-corrected chi connectivity index (χ1v) is 11.2. The molecule has 0 bridgehead atoms. The summed E-state index contributed by atoms with van der Waals surface area (Å²) in [5.41, 5.74) is 0.584. The van der Waals surface area contributed by atoms with Gasteiger partial charge in [0.2, 0.25) is 5.91 Å². The zero-order valence-corrected chi connectivity index (χ0v) is 18.5. The third-order valence-corrected chi connectivity index (χ3v) is 6.42. The van der Waals surface area contributed by atoms with Crippen molar-refractivity contribution in [1.29, 1.82) is 0 Å². The number of benzene rings is 1. The number of nitrogens with zero attached hydrogens (tertiary/aromatic N) is 3. The van der Waals surface area contributed by atoms with Gasteiger partial charge in [-0.1, -0.05) is 36.2 Å². The highest BCUT2D eigenvalue weighted by Crippen LogP contribution is 2.25. The van der Waals surface area contributed by atoms with E-state index in [0.29, 0.717) is 11.4 Å². The number of amides is 1. The third-order valence-electron chi connectivity index (χ3n) is 5.92. The van der Waals surface area contributed by atoms with E-state index in [1.165, 1.54) is 23.9 Å². The Kier molecular flexibility index (Phi) is 6.03. The number of nitrogens with one attached hydrogen (secondary N) is 2. The topological polar surface area (TPSA) is 79.3 Å². The SMILES string of the molecule is CC(C)c1nn(CC(=O)N[C@@H]2CN(C3CCC3)CCN2)c(=O)c2ccc(Br)cc12. The van der Waals surface area contributed by atoms with E-state index in [0.717, 1.165) is 35.2 Å². The number of hydrogen-bond acceptors (Lipinski definition) is 5. The van der Waals surface area contributed by atoms with Gasteiger partial charge in [-0.2, -0.15) is 5.10 Å². The number of halogens is 1. The first-order valence-electron chi connectivity index (χ1n) is 10.4. The van der Waals surface area contributed by atoms with Crippen LogP contribution in [0.25, 0.3) is 10.8 Å². The Bertz CT molecular complexity index is 969. The highest BCUT2D eigenvalue weighted by atomic mass is 79.9. The van der Waals surface area contributed by atoms with Gasteiger partial charge in [-0.05, 0) is 37.0 Å². The molecule has 29 heavy (non-hydrogen) atoms. The van der Waals surface area contributed by atoms with Crippen LogP contribution in [0.15, 0.2) is 27.5 Å². The van der Waals surface area contributed by atoms with Gasteiger partial charge in [0.25, 0.3) is 5.56 Å². The Labute approximate surface area is 179 Å². The highest BCUT2D eigenvalue weighted by molar-refractivity contribution is 9.10. The molecule has 1 saturated heterocycles. The molecule has 2 N–H and O–H groups in total. The van der Waals surface area contributed by atoms with Gasteiger partial charge in [-0.15, -0.1) is 0 Å². The molecule has 2 heterocycles. The molecule has 8 heteroatoms. The lowest BCUT2D eigenvalue weighted by Crippen LogP contribution is -2.61. The van der Waals surface area contributed by atoms with Crippen molar-refractivity contribution in [3.8, 4) is 0 Å². The quantitative estimate of drug-likeness (QED) is 0.713. The fourth-order valence-corrected chi connectivity index (χ4v) is 4.51. The predicted octanol–water partition coefficient (Wildman–Crippen LogP) is 2.18. The van der Waals surface area contributed by atoms with E-state index in [1.54, 1.807) is 6.07 Å². The average Bonchev–Trinajstić information content (AvgIpc) is 2.62. The molecule has 1 saturated carbocycles. The minimum atomic E-state index is -0.236. The second-order valence-corrected chi connectivity index (χ2v) is 9.26. The van der Waals surface area contributed by atoms with Crippen molar-refractivity contribution in [2.75, 3.05) is 19.6 Å². The van der Waals surface area contributed by atoms with Crippen LogP contribution in [-0.2, 0) is 11.3 Å². The van der Waals surface area contributed by atoms with Crippen LogP contribution in [0.1, 0.15) is 44.7 Å². The fraction of sp³-hybridized carbons (Fsp3) is 0.571. The van der Waals surface area contributed by atoms with Gasteiger partial charge in [0.15, 0.2) is 0 Å². The van der Waals surface area contributed by atoms with Crippen molar-refractivity contribution in [2.24, 2.45) is 0 Å². The van der Waals surface area contributed by atoms with E-state index < -0.39 is 0 Å². The summed E-state index contributed by atoms with van der Waals surface area (Å²) in [6, 6.07) is 6.22. The van der Waals surface area contributed by atoms with Crippen LogP contribution in [0.3, 0.4) is 0 Å². The number of carbonyl (C=O) groups excluding carboxylic acids is 1. The normalized spacial score (nSPS) is 20.8. The second-order valence-electron chi connectivity index (χ2n) is 8.35. The number of rotatable bonds is 5. The van der Waals surface area contributed by atoms with Gasteiger partial charge in [-0.25, -0.2) is 4.68 Å². The van der Waals surface area contributed by atoms with E-state index in [4.69, 9.17) is 0 Å².